The van der Waals surface area contributed by atoms with Crippen molar-refractivity contribution in [2.75, 3.05) is 13.4 Å². The number of amides is 2. The van der Waals surface area contributed by atoms with Crippen molar-refractivity contribution in [2.45, 2.75) is 49.7 Å². The molecule has 0 saturated carbocycles. The summed E-state index contributed by atoms with van der Waals surface area (Å²) in [5.74, 6) is -0.521. The number of benzene rings is 1. The van der Waals surface area contributed by atoms with E-state index >= 15 is 0 Å². The Labute approximate surface area is 235 Å². The summed E-state index contributed by atoms with van der Waals surface area (Å²) in [4.78, 5) is 40.1. The molecule has 0 spiro atoms. The molecule has 2 bridgehead atoms. The van der Waals surface area contributed by atoms with Crippen molar-refractivity contribution in [1.82, 2.24) is 10.3 Å². The number of fused-ring (bicyclic) bond motifs is 2. The first-order valence-corrected chi connectivity index (χ1v) is 13.9. The molecule has 40 heavy (non-hydrogen) atoms. The number of imide groups is 1. The Balaban J connectivity index is 1.11. The molecule has 10 nitrogen and oxygen atoms in total. The Bertz CT molecular complexity index is 1410. The first-order chi connectivity index (χ1) is 19.2. The number of ether oxygens (including phenoxy) is 5. The minimum atomic E-state index is -1.28. The van der Waals surface area contributed by atoms with Gasteiger partial charge in [0.25, 0.3) is 5.24 Å². The summed E-state index contributed by atoms with van der Waals surface area (Å²) in [6.07, 6.45) is 6.59. The van der Waals surface area contributed by atoms with Gasteiger partial charge in [-0.1, -0.05) is 30.8 Å². The SMILES string of the molecule is CC1C2=C(OC(C)(COc3ccc(CC4SC(=O)NC4=O)cc3)CC2)C2=CC1(OC(=O)c1ccncc1)OCO2. The topological polar surface area (TPSA) is 122 Å². The third-order valence-corrected chi connectivity index (χ3v) is 8.55. The summed E-state index contributed by atoms with van der Waals surface area (Å²) in [7, 11) is 0. The van der Waals surface area contributed by atoms with Crippen LogP contribution in [-0.4, -0.2) is 52.1 Å². The van der Waals surface area contributed by atoms with Crippen LogP contribution in [0.3, 0.4) is 0 Å². The van der Waals surface area contributed by atoms with E-state index in [0.717, 1.165) is 22.9 Å². The van der Waals surface area contributed by atoms with Crippen molar-refractivity contribution >= 4 is 28.9 Å². The van der Waals surface area contributed by atoms with Gasteiger partial charge in [0.15, 0.2) is 18.3 Å². The van der Waals surface area contributed by atoms with Gasteiger partial charge in [-0.25, -0.2) is 4.79 Å². The molecule has 11 heteroatoms. The number of thioether (sulfide) groups is 1. The van der Waals surface area contributed by atoms with E-state index in [4.69, 9.17) is 23.7 Å². The first-order valence-electron chi connectivity index (χ1n) is 13.0. The standard InChI is InChI=1S/C29H28N2O8S/c1-17-21-7-10-28(2,15-35-20-5-3-18(4-6-20)13-23-25(32)31-27(34)40-23)38-24(21)22-14-29(17,37-16-36-22)39-26(33)19-8-11-30-12-9-19/h3-6,8-9,11-12,14,17,23H,7,10,13,15-16H2,1-2H3,(H,31,32,34). The highest BCUT2D eigenvalue weighted by Crippen LogP contribution is 2.49. The van der Waals surface area contributed by atoms with Crippen molar-refractivity contribution in [3.63, 3.8) is 0 Å². The molecule has 4 aliphatic rings. The van der Waals surface area contributed by atoms with Gasteiger partial charge < -0.3 is 18.9 Å². The van der Waals surface area contributed by atoms with Crippen molar-refractivity contribution in [2.24, 2.45) is 5.92 Å². The van der Waals surface area contributed by atoms with Gasteiger partial charge in [-0.3, -0.25) is 24.6 Å². The summed E-state index contributed by atoms with van der Waals surface area (Å²) in [5.41, 5.74) is 1.68. The fourth-order valence-corrected chi connectivity index (χ4v) is 6.07. The van der Waals surface area contributed by atoms with Crippen molar-refractivity contribution in [3.8, 4) is 5.75 Å². The highest BCUT2D eigenvalue weighted by molar-refractivity contribution is 8.15. The third kappa shape index (κ3) is 5.06. The van der Waals surface area contributed by atoms with Crippen LogP contribution in [0.25, 0.3) is 0 Å². The lowest BCUT2D eigenvalue weighted by atomic mass is 9.79. The number of hydrogen-bond acceptors (Lipinski definition) is 10. The van der Waals surface area contributed by atoms with Crippen LogP contribution in [0, 0.1) is 5.92 Å². The molecule has 4 unspecified atom stereocenters. The van der Waals surface area contributed by atoms with E-state index in [1.807, 2.05) is 38.1 Å². The third-order valence-electron chi connectivity index (χ3n) is 7.57. The molecular formula is C29H28N2O8S. The maximum Gasteiger partial charge on any atom is 0.341 e. The molecule has 3 aliphatic heterocycles. The molecule has 1 saturated heterocycles. The molecule has 1 N–H and O–H groups in total. The highest BCUT2D eigenvalue weighted by atomic mass is 32.2. The molecule has 2 aromatic rings. The number of esters is 1. The average Bonchev–Trinajstić information content (AvgIpc) is 3.28. The van der Waals surface area contributed by atoms with Crippen LogP contribution in [0.4, 0.5) is 4.79 Å². The lowest BCUT2D eigenvalue weighted by molar-refractivity contribution is -0.253. The highest BCUT2D eigenvalue weighted by Gasteiger charge is 2.52. The first kappa shape index (κ1) is 26.4. The van der Waals surface area contributed by atoms with Gasteiger partial charge in [-0.05, 0) is 61.6 Å². The molecule has 4 atom stereocenters. The van der Waals surface area contributed by atoms with Gasteiger partial charge in [-0.2, -0.15) is 0 Å². The van der Waals surface area contributed by atoms with Crippen LogP contribution in [0.2, 0.25) is 0 Å². The van der Waals surface area contributed by atoms with E-state index in [2.05, 4.69) is 10.3 Å². The van der Waals surface area contributed by atoms with Crippen LogP contribution >= 0.6 is 11.8 Å². The van der Waals surface area contributed by atoms with Crippen molar-refractivity contribution < 1.29 is 38.1 Å². The summed E-state index contributed by atoms with van der Waals surface area (Å²) in [6, 6.07) is 10.7. The van der Waals surface area contributed by atoms with Crippen LogP contribution in [0.1, 0.15) is 42.6 Å². The zero-order valence-electron chi connectivity index (χ0n) is 22.0. The zero-order valence-corrected chi connectivity index (χ0v) is 22.8. The fourth-order valence-electron chi connectivity index (χ4n) is 5.21. The largest absolute Gasteiger partial charge is 0.489 e. The Hall–Kier alpha value is -3.83. The molecule has 208 valence electrons. The summed E-state index contributed by atoms with van der Waals surface area (Å²) < 4.78 is 30.2. The zero-order chi connectivity index (χ0) is 27.9. The summed E-state index contributed by atoms with van der Waals surface area (Å²) in [5, 5.41) is 1.60. The summed E-state index contributed by atoms with van der Waals surface area (Å²) in [6.45, 7) is 4.18. The second-order valence-corrected chi connectivity index (χ2v) is 11.6. The number of nitrogens with one attached hydrogen (secondary N) is 1. The molecule has 1 fully saturated rings. The maximum absolute atomic E-state index is 12.9. The number of nitrogens with zero attached hydrogens (tertiary/aromatic N) is 1. The quantitative estimate of drug-likeness (QED) is 0.488. The molecule has 1 aliphatic carbocycles. The minimum absolute atomic E-state index is 0.0747. The Morgan fingerprint density at radius 2 is 1.95 bits per heavy atom. The van der Waals surface area contributed by atoms with E-state index in [9.17, 15) is 14.4 Å². The molecular weight excluding hydrogens is 536 g/mol. The van der Waals surface area contributed by atoms with Gasteiger partial charge in [0.2, 0.25) is 11.7 Å². The van der Waals surface area contributed by atoms with E-state index in [1.54, 1.807) is 18.2 Å². The Morgan fingerprint density at radius 3 is 2.67 bits per heavy atom. The predicted molar refractivity (Wildman–Crippen MR) is 143 cm³/mol. The number of pyridine rings is 1. The monoisotopic (exact) mass is 564 g/mol. The van der Waals surface area contributed by atoms with Gasteiger partial charge >= 0.3 is 5.97 Å². The summed E-state index contributed by atoms with van der Waals surface area (Å²) >= 11 is 1.02. The van der Waals surface area contributed by atoms with E-state index in [0.29, 0.717) is 48.7 Å². The van der Waals surface area contributed by atoms with E-state index < -0.39 is 22.6 Å². The Kier molecular flexibility index (Phi) is 6.79. The van der Waals surface area contributed by atoms with Crippen molar-refractivity contribution in [1.29, 1.82) is 0 Å². The fraction of sp³-hybridized carbons (Fsp3) is 0.379. The molecule has 4 heterocycles. The lowest BCUT2D eigenvalue weighted by Gasteiger charge is -2.47. The second kappa shape index (κ2) is 10.3. The molecule has 6 rings (SSSR count). The lowest BCUT2D eigenvalue weighted by Crippen LogP contribution is -2.51. The Morgan fingerprint density at radius 1 is 1.18 bits per heavy atom. The van der Waals surface area contributed by atoms with Crippen LogP contribution in [0.15, 0.2) is 72.0 Å². The molecule has 1 aromatic heterocycles. The smallest absolute Gasteiger partial charge is 0.341 e. The molecule has 0 radical (unpaired) electrons. The number of hydrogen-bond donors (Lipinski definition) is 1. The van der Waals surface area contributed by atoms with Crippen LogP contribution in [0.5, 0.6) is 5.75 Å². The second-order valence-electron chi connectivity index (χ2n) is 10.4. The van der Waals surface area contributed by atoms with E-state index in [-0.39, 0.29) is 23.9 Å². The average molecular weight is 565 g/mol. The minimum Gasteiger partial charge on any atom is -0.489 e. The maximum atomic E-state index is 12.9. The normalized spacial score (nSPS) is 29.0. The number of rotatable bonds is 7. The number of carbonyl (C=O) groups excluding carboxylic acids is 3. The van der Waals surface area contributed by atoms with Gasteiger partial charge in [0.05, 0.1) is 16.7 Å². The van der Waals surface area contributed by atoms with E-state index in [1.165, 1.54) is 12.4 Å². The number of carbonyl (C=O) groups is 3. The van der Waals surface area contributed by atoms with Crippen molar-refractivity contribution in [3.05, 3.63) is 83.1 Å². The van der Waals surface area contributed by atoms with Crippen LogP contribution in [-0.2, 0) is 30.2 Å². The van der Waals surface area contributed by atoms with Gasteiger partial charge in [0, 0.05) is 18.5 Å². The van der Waals surface area contributed by atoms with Gasteiger partial charge in [-0.15, -0.1) is 0 Å². The molecule has 1 aromatic carbocycles. The van der Waals surface area contributed by atoms with Gasteiger partial charge in [0.1, 0.15) is 18.0 Å². The molecule has 2 amide bonds. The number of aromatic nitrogens is 1. The predicted octanol–water partition coefficient (Wildman–Crippen LogP) is 4.27. The van der Waals surface area contributed by atoms with Crippen LogP contribution < -0.4 is 10.1 Å².